The van der Waals surface area contributed by atoms with Crippen LogP contribution in [0.2, 0.25) is 0 Å². The van der Waals surface area contributed by atoms with Crippen LogP contribution in [-0.2, 0) is 9.59 Å². The number of carbonyl (C=O) groups is 2. The second kappa shape index (κ2) is 6.81. The average molecular weight is 331 g/mol. The number of benzene rings is 1. The van der Waals surface area contributed by atoms with Crippen molar-refractivity contribution < 1.29 is 14.3 Å². The summed E-state index contributed by atoms with van der Waals surface area (Å²) >= 11 is 0. The van der Waals surface area contributed by atoms with E-state index in [1.165, 1.54) is 17.7 Å². The topological polar surface area (TPSA) is 61.9 Å². The van der Waals surface area contributed by atoms with Crippen LogP contribution >= 0.6 is 0 Å². The van der Waals surface area contributed by atoms with E-state index in [-0.39, 0.29) is 30.5 Å². The molecule has 1 aliphatic heterocycles. The molecule has 1 saturated carbocycles. The van der Waals surface area contributed by atoms with Crippen molar-refractivity contribution in [2.75, 3.05) is 38.7 Å². The van der Waals surface area contributed by atoms with E-state index in [0.29, 0.717) is 18.0 Å². The van der Waals surface area contributed by atoms with E-state index in [9.17, 15) is 9.59 Å². The molecule has 0 aromatic heterocycles. The summed E-state index contributed by atoms with van der Waals surface area (Å²) in [5.41, 5.74) is 0.704. The maximum Gasteiger partial charge on any atom is 0.265 e. The van der Waals surface area contributed by atoms with Crippen LogP contribution in [0.5, 0.6) is 5.75 Å². The van der Waals surface area contributed by atoms with Crippen LogP contribution in [-0.4, -0.2) is 56.0 Å². The number of anilines is 1. The van der Waals surface area contributed by atoms with Crippen LogP contribution in [0, 0.1) is 0 Å². The number of ether oxygens (including phenoxy) is 1. The van der Waals surface area contributed by atoms with Gasteiger partial charge in [0.15, 0.2) is 6.61 Å². The van der Waals surface area contributed by atoms with E-state index < -0.39 is 0 Å². The van der Waals surface area contributed by atoms with E-state index in [1.54, 1.807) is 6.07 Å². The Bertz CT molecular complexity index is 624. The highest BCUT2D eigenvalue weighted by atomic mass is 16.5. The summed E-state index contributed by atoms with van der Waals surface area (Å²) < 4.78 is 5.41. The smallest absolute Gasteiger partial charge is 0.265 e. The number of nitrogens with zero attached hydrogens (tertiary/aromatic N) is 2. The van der Waals surface area contributed by atoms with Gasteiger partial charge in [-0.2, -0.15) is 0 Å². The highest BCUT2D eigenvalue weighted by molar-refractivity contribution is 6.02. The standard InChI is InChI=1S/C18H25N3O3/c1-20(2)18(9-5-6-10-18)13-19-16(22)11-21-14-7-3-4-8-15(14)24-12-17(21)23/h3-4,7-8H,5-6,9-13H2,1-2H3,(H,19,22). The fourth-order valence-electron chi connectivity index (χ4n) is 3.61. The van der Waals surface area contributed by atoms with E-state index in [4.69, 9.17) is 4.74 Å². The molecule has 6 heteroatoms. The maximum atomic E-state index is 12.4. The number of para-hydroxylation sites is 2. The van der Waals surface area contributed by atoms with Gasteiger partial charge in [0.05, 0.1) is 5.69 Å². The molecule has 24 heavy (non-hydrogen) atoms. The lowest BCUT2D eigenvalue weighted by molar-refractivity contribution is -0.125. The first kappa shape index (κ1) is 16.8. The Labute approximate surface area is 142 Å². The Morgan fingerprint density at radius 1 is 1.29 bits per heavy atom. The molecule has 130 valence electrons. The fourth-order valence-corrected chi connectivity index (χ4v) is 3.61. The Balaban J connectivity index is 1.64. The molecule has 0 unspecified atom stereocenters. The zero-order valence-electron chi connectivity index (χ0n) is 14.4. The number of amides is 2. The molecule has 0 bridgehead atoms. The van der Waals surface area contributed by atoms with Gasteiger partial charge in [0.1, 0.15) is 12.3 Å². The normalized spacial score (nSPS) is 19.1. The minimum atomic E-state index is -0.188. The number of hydrogen-bond donors (Lipinski definition) is 1. The van der Waals surface area contributed by atoms with Gasteiger partial charge in [-0.25, -0.2) is 0 Å². The first-order valence-corrected chi connectivity index (χ1v) is 8.48. The van der Waals surface area contributed by atoms with E-state index in [0.717, 1.165) is 12.8 Å². The summed E-state index contributed by atoms with van der Waals surface area (Å²) in [6, 6.07) is 7.31. The van der Waals surface area contributed by atoms with E-state index >= 15 is 0 Å². The Hall–Kier alpha value is -2.08. The number of hydrogen-bond acceptors (Lipinski definition) is 4. The number of rotatable bonds is 5. The molecule has 0 spiro atoms. The SMILES string of the molecule is CN(C)C1(CNC(=O)CN2C(=O)COc3ccccc32)CCCC1. The molecule has 1 aromatic rings. The van der Waals surface area contributed by atoms with Gasteiger partial charge < -0.3 is 15.0 Å². The highest BCUT2D eigenvalue weighted by Gasteiger charge is 2.36. The molecule has 2 aliphatic rings. The molecule has 0 saturated heterocycles. The molecule has 0 atom stereocenters. The van der Waals surface area contributed by atoms with Crippen LogP contribution in [0.25, 0.3) is 0 Å². The summed E-state index contributed by atoms with van der Waals surface area (Å²) in [4.78, 5) is 28.3. The predicted molar refractivity (Wildman–Crippen MR) is 92.2 cm³/mol. The second-order valence-electron chi connectivity index (χ2n) is 6.84. The molecule has 6 nitrogen and oxygen atoms in total. The van der Waals surface area contributed by atoms with Crippen molar-refractivity contribution in [3.8, 4) is 5.75 Å². The van der Waals surface area contributed by atoms with Crippen molar-refractivity contribution in [2.45, 2.75) is 31.2 Å². The summed E-state index contributed by atoms with van der Waals surface area (Å²) in [5, 5.41) is 3.03. The highest BCUT2D eigenvalue weighted by Crippen LogP contribution is 2.33. The van der Waals surface area contributed by atoms with Crippen LogP contribution < -0.4 is 15.0 Å². The number of carbonyl (C=O) groups excluding carboxylic acids is 2. The summed E-state index contributed by atoms with van der Waals surface area (Å²) in [7, 11) is 4.14. The Morgan fingerprint density at radius 3 is 2.71 bits per heavy atom. The van der Waals surface area contributed by atoms with Gasteiger partial charge in [-0.3, -0.25) is 14.5 Å². The molecule has 1 heterocycles. The van der Waals surface area contributed by atoms with Crippen molar-refractivity contribution in [2.24, 2.45) is 0 Å². The molecule has 1 aromatic carbocycles. The fraction of sp³-hybridized carbons (Fsp3) is 0.556. The van der Waals surface area contributed by atoms with Gasteiger partial charge in [0, 0.05) is 12.1 Å². The lowest BCUT2D eigenvalue weighted by Crippen LogP contribution is -2.53. The van der Waals surface area contributed by atoms with E-state index in [2.05, 4.69) is 24.3 Å². The van der Waals surface area contributed by atoms with Crippen LogP contribution in [0.3, 0.4) is 0 Å². The minimum absolute atomic E-state index is 0.0219. The van der Waals surface area contributed by atoms with Gasteiger partial charge in [-0.05, 0) is 39.1 Å². The van der Waals surface area contributed by atoms with Crippen molar-refractivity contribution >= 4 is 17.5 Å². The van der Waals surface area contributed by atoms with Crippen LogP contribution in [0.15, 0.2) is 24.3 Å². The minimum Gasteiger partial charge on any atom is -0.482 e. The average Bonchev–Trinajstić information content (AvgIpc) is 3.06. The number of likely N-dealkylation sites (N-methyl/N-ethyl adjacent to an activating group) is 1. The van der Waals surface area contributed by atoms with Crippen molar-refractivity contribution in [1.29, 1.82) is 0 Å². The second-order valence-corrected chi connectivity index (χ2v) is 6.84. The van der Waals surface area contributed by atoms with Gasteiger partial charge in [0.2, 0.25) is 5.91 Å². The molecule has 1 aliphatic carbocycles. The number of fused-ring (bicyclic) bond motifs is 1. The van der Waals surface area contributed by atoms with Gasteiger partial charge in [-0.1, -0.05) is 25.0 Å². The molecule has 1 N–H and O–H groups in total. The van der Waals surface area contributed by atoms with Gasteiger partial charge >= 0.3 is 0 Å². The Morgan fingerprint density at radius 2 is 2.00 bits per heavy atom. The lowest BCUT2D eigenvalue weighted by atomic mass is 9.96. The molecule has 1 fully saturated rings. The molecule has 0 radical (unpaired) electrons. The van der Waals surface area contributed by atoms with Gasteiger partial charge in [-0.15, -0.1) is 0 Å². The molecule has 2 amide bonds. The van der Waals surface area contributed by atoms with Gasteiger partial charge in [0.25, 0.3) is 5.91 Å². The Kier molecular flexibility index (Phi) is 4.76. The summed E-state index contributed by atoms with van der Waals surface area (Å²) in [6.07, 6.45) is 4.59. The monoisotopic (exact) mass is 331 g/mol. The third kappa shape index (κ3) is 3.24. The number of nitrogens with one attached hydrogen (secondary N) is 1. The largest absolute Gasteiger partial charge is 0.482 e. The van der Waals surface area contributed by atoms with E-state index in [1.807, 2.05) is 18.2 Å². The molecule has 3 rings (SSSR count). The molecular formula is C18H25N3O3. The zero-order chi connectivity index (χ0) is 17.2. The first-order valence-electron chi connectivity index (χ1n) is 8.48. The summed E-state index contributed by atoms with van der Waals surface area (Å²) in [5.74, 6) is 0.325. The lowest BCUT2D eigenvalue weighted by Gasteiger charge is -2.37. The van der Waals surface area contributed by atoms with Crippen LogP contribution in [0.1, 0.15) is 25.7 Å². The summed E-state index contributed by atoms with van der Waals surface area (Å²) in [6.45, 7) is 0.633. The molecular weight excluding hydrogens is 306 g/mol. The first-order chi connectivity index (χ1) is 11.5. The third-order valence-corrected chi connectivity index (χ3v) is 5.21. The van der Waals surface area contributed by atoms with Crippen LogP contribution in [0.4, 0.5) is 5.69 Å². The maximum absolute atomic E-state index is 12.4. The quantitative estimate of drug-likeness (QED) is 0.886. The zero-order valence-corrected chi connectivity index (χ0v) is 14.4. The third-order valence-electron chi connectivity index (χ3n) is 5.21. The van der Waals surface area contributed by atoms with Crippen molar-refractivity contribution in [3.63, 3.8) is 0 Å². The van der Waals surface area contributed by atoms with Crippen molar-refractivity contribution in [1.82, 2.24) is 10.2 Å². The van der Waals surface area contributed by atoms with Crippen molar-refractivity contribution in [3.05, 3.63) is 24.3 Å². The predicted octanol–water partition coefficient (Wildman–Crippen LogP) is 1.40.